The predicted octanol–water partition coefficient (Wildman–Crippen LogP) is 2.25. The first-order valence-electron chi connectivity index (χ1n) is 9.27. The second-order valence-electron chi connectivity index (χ2n) is 6.93. The third-order valence-corrected chi connectivity index (χ3v) is 4.97. The molecule has 1 amide bonds. The summed E-state index contributed by atoms with van der Waals surface area (Å²) in [6.45, 7) is 4.54. The van der Waals surface area contributed by atoms with E-state index in [1.807, 2.05) is 6.92 Å². The van der Waals surface area contributed by atoms with Crippen LogP contribution in [-0.2, 0) is 9.47 Å². The minimum atomic E-state index is -0.462. The minimum Gasteiger partial charge on any atom is -0.347 e. The molecule has 2 fully saturated rings. The van der Waals surface area contributed by atoms with E-state index < -0.39 is 5.79 Å². The van der Waals surface area contributed by atoms with Crippen molar-refractivity contribution in [1.82, 2.24) is 9.97 Å². The molecule has 8 nitrogen and oxygen atoms in total. The molecule has 0 atom stereocenters. The Labute approximate surface area is 163 Å². The number of hydrogen-bond acceptors (Lipinski definition) is 7. The van der Waals surface area contributed by atoms with E-state index in [9.17, 15) is 4.79 Å². The molecule has 1 spiro atoms. The molecule has 28 heavy (non-hydrogen) atoms. The lowest BCUT2D eigenvalue weighted by atomic mass is 10.0. The van der Waals surface area contributed by atoms with Crippen molar-refractivity contribution >= 4 is 17.5 Å². The number of rotatable bonds is 3. The van der Waals surface area contributed by atoms with E-state index in [0.29, 0.717) is 49.2 Å². The molecule has 0 unspecified atom stereocenters. The SMILES string of the molecule is Cc1cc(C(=O)Nc2ccc(C#N)cc2)nc(N2CCC3(CC2)OCCO3)n1. The third-order valence-electron chi connectivity index (χ3n) is 4.97. The van der Waals surface area contributed by atoms with Gasteiger partial charge in [0.15, 0.2) is 5.79 Å². The van der Waals surface area contributed by atoms with E-state index in [-0.39, 0.29) is 5.91 Å². The van der Waals surface area contributed by atoms with Gasteiger partial charge in [-0.3, -0.25) is 4.79 Å². The van der Waals surface area contributed by atoms with Crippen molar-refractivity contribution in [3.63, 3.8) is 0 Å². The number of anilines is 2. The fourth-order valence-electron chi connectivity index (χ4n) is 3.47. The second-order valence-corrected chi connectivity index (χ2v) is 6.93. The van der Waals surface area contributed by atoms with Crippen molar-refractivity contribution in [2.75, 3.05) is 36.5 Å². The highest BCUT2D eigenvalue weighted by Crippen LogP contribution is 2.32. The summed E-state index contributed by atoms with van der Waals surface area (Å²) in [5, 5.41) is 11.7. The quantitative estimate of drug-likeness (QED) is 0.873. The van der Waals surface area contributed by atoms with Crippen LogP contribution in [0.2, 0.25) is 0 Å². The van der Waals surface area contributed by atoms with Gasteiger partial charge in [-0.2, -0.15) is 5.26 Å². The molecule has 0 radical (unpaired) electrons. The van der Waals surface area contributed by atoms with Crippen LogP contribution in [0.5, 0.6) is 0 Å². The molecule has 2 aromatic rings. The van der Waals surface area contributed by atoms with Gasteiger partial charge >= 0.3 is 0 Å². The molecule has 0 bridgehead atoms. The summed E-state index contributed by atoms with van der Waals surface area (Å²) in [6, 6.07) is 10.4. The van der Waals surface area contributed by atoms with E-state index in [1.54, 1.807) is 30.3 Å². The number of carbonyl (C=O) groups is 1. The van der Waals surface area contributed by atoms with Crippen LogP contribution in [0.15, 0.2) is 30.3 Å². The maximum absolute atomic E-state index is 12.6. The summed E-state index contributed by atoms with van der Waals surface area (Å²) in [5.41, 5.74) is 2.18. The normalized spacial score (nSPS) is 18.1. The lowest BCUT2D eigenvalue weighted by Gasteiger charge is -2.37. The Balaban J connectivity index is 1.47. The van der Waals surface area contributed by atoms with Gasteiger partial charge in [0.2, 0.25) is 5.95 Å². The van der Waals surface area contributed by atoms with E-state index in [0.717, 1.165) is 18.5 Å². The first-order valence-corrected chi connectivity index (χ1v) is 9.27. The predicted molar refractivity (Wildman–Crippen MR) is 102 cm³/mol. The molecule has 2 saturated heterocycles. The lowest BCUT2D eigenvalue weighted by Crippen LogP contribution is -2.45. The fourth-order valence-corrected chi connectivity index (χ4v) is 3.47. The molecule has 2 aliphatic rings. The van der Waals surface area contributed by atoms with E-state index in [4.69, 9.17) is 14.7 Å². The Morgan fingerprint density at radius 2 is 1.86 bits per heavy atom. The first-order chi connectivity index (χ1) is 13.6. The number of hydrogen-bond donors (Lipinski definition) is 1. The molecule has 0 saturated carbocycles. The molecular formula is C20H21N5O3. The molecule has 0 aliphatic carbocycles. The van der Waals surface area contributed by atoms with Crippen LogP contribution >= 0.6 is 0 Å². The van der Waals surface area contributed by atoms with Crippen molar-refractivity contribution in [2.45, 2.75) is 25.6 Å². The van der Waals surface area contributed by atoms with Gasteiger partial charge in [0.25, 0.3) is 5.91 Å². The Morgan fingerprint density at radius 3 is 2.50 bits per heavy atom. The maximum atomic E-state index is 12.6. The number of ether oxygens (including phenoxy) is 2. The zero-order valence-electron chi connectivity index (χ0n) is 15.6. The van der Waals surface area contributed by atoms with Crippen molar-refractivity contribution in [1.29, 1.82) is 5.26 Å². The molecule has 1 aromatic carbocycles. The van der Waals surface area contributed by atoms with Gasteiger partial charge in [0.05, 0.1) is 24.8 Å². The standard InChI is InChI=1S/C20H21N5O3/c1-14-12-17(18(26)23-16-4-2-15(13-21)3-5-16)24-19(22-14)25-8-6-20(7-9-25)27-10-11-28-20/h2-5,12H,6-11H2,1H3,(H,23,26). The average Bonchev–Trinajstić information content (AvgIpc) is 3.16. The van der Waals surface area contributed by atoms with Crippen LogP contribution in [-0.4, -0.2) is 48.0 Å². The Bertz CT molecular complexity index is 906. The number of piperidine rings is 1. The summed E-state index contributed by atoms with van der Waals surface area (Å²) in [5.74, 6) is -0.235. The van der Waals surface area contributed by atoms with E-state index in [2.05, 4.69) is 26.3 Å². The van der Waals surface area contributed by atoms with Gasteiger partial charge in [-0.15, -0.1) is 0 Å². The van der Waals surface area contributed by atoms with Crippen LogP contribution in [0.25, 0.3) is 0 Å². The monoisotopic (exact) mass is 379 g/mol. The van der Waals surface area contributed by atoms with Crippen LogP contribution in [0.4, 0.5) is 11.6 Å². The van der Waals surface area contributed by atoms with Gasteiger partial charge in [0.1, 0.15) is 5.69 Å². The lowest BCUT2D eigenvalue weighted by molar-refractivity contribution is -0.169. The number of benzene rings is 1. The number of aryl methyl sites for hydroxylation is 1. The maximum Gasteiger partial charge on any atom is 0.274 e. The Hall–Kier alpha value is -3.02. The number of amides is 1. The first kappa shape index (κ1) is 18.3. The topological polar surface area (TPSA) is 100 Å². The number of nitriles is 1. The highest BCUT2D eigenvalue weighted by atomic mass is 16.7. The molecule has 1 aromatic heterocycles. The summed E-state index contributed by atoms with van der Waals surface area (Å²) < 4.78 is 11.5. The molecule has 1 N–H and O–H groups in total. The number of carbonyl (C=O) groups excluding carboxylic acids is 1. The number of aromatic nitrogens is 2. The van der Waals surface area contributed by atoms with Crippen molar-refractivity contribution in [3.8, 4) is 6.07 Å². The second kappa shape index (κ2) is 7.54. The zero-order chi connectivity index (χ0) is 19.6. The summed E-state index contributed by atoms with van der Waals surface area (Å²) in [7, 11) is 0. The smallest absolute Gasteiger partial charge is 0.274 e. The summed E-state index contributed by atoms with van der Waals surface area (Å²) in [6.07, 6.45) is 1.49. The van der Waals surface area contributed by atoms with Crippen LogP contribution in [0.1, 0.15) is 34.6 Å². The van der Waals surface area contributed by atoms with Gasteiger partial charge < -0.3 is 19.7 Å². The highest BCUT2D eigenvalue weighted by molar-refractivity contribution is 6.03. The van der Waals surface area contributed by atoms with Crippen molar-refractivity contribution in [2.24, 2.45) is 0 Å². The van der Waals surface area contributed by atoms with Gasteiger partial charge in [-0.25, -0.2) is 9.97 Å². The highest BCUT2D eigenvalue weighted by Gasteiger charge is 2.40. The minimum absolute atomic E-state index is 0.306. The summed E-state index contributed by atoms with van der Waals surface area (Å²) in [4.78, 5) is 23.7. The van der Waals surface area contributed by atoms with E-state index in [1.165, 1.54) is 0 Å². The van der Waals surface area contributed by atoms with Gasteiger partial charge in [0, 0.05) is 37.3 Å². The average molecular weight is 379 g/mol. The fraction of sp³-hybridized carbons (Fsp3) is 0.400. The molecule has 2 aliphatic heterocycles. The van der Waals surface area contributed by atoms with Gasteiger partial charge in [-0.05, 0) is 37.3 Å². The van der Waals surface area contributed by atoms with Crippen LogP contribution in [0, 0.1) is 18.3 Å². The molecule has 8 heteroatoms. The van der Waals surface area contributed by atoms with Crippen molar-refractivity contribution < 1.29 is 14.3 Å². The van der Waals surface area contributed by atoms with Gasteiger partial charge in [-0.1, -0.05) is 0 Å². The van der Waals surface area contributed by atoms with Crippen LogP contribution < -0.4 is 10.2 Å². The Kier molecular flexibility index (Phi) is 4.94. The Morgan fingerprint density at radius 1 is 1.18 bits per heavy atom. The molecule has 144 valence electrons. The molecular weight excluding hydrogens is 358 g/mol. The largest absolute Gasteiger partial charge is 0.347 e. The van der Waals surface area contributed by atoms with Crippen LogP contribution in [0.3, 0.4) is 0 Å². The molecule has 4 rings (SSSR count). The number of nitrogens with zero attached hydrogens (tertiary/aromatic N) is 4. The zero-order valence-corrected chi connectivity index (χ0v) is 15.6. The number of nitrogens with one attached hydrogen (secondary N) is 1. The molecule has 3 heterocycles. The third kappa shape index (κ3) is 3.81. The van der Waals surface area contributed by atoms with E-state index >= 15 is 0 Å². The summed E-state index contributed by atoms with van der Waals surface area (Å²) >= 11 is 0. The van der Waals surface area contributed by atoms with Crippen molar-refractivity contribution in [3.05, 3.63) is 47.3 Å².